The van der Waals surface area contributed by atoms with Crippen LogP contribution in [0.15, 0.2) is 24.3 Å². The standard InChI is InChI=1S/C71H137NO5/c1-3-5-7-9-11-13-15-17-19-21-22-29-32-35-39-43-47-51-55-59-63-69(74)68(67-73)72-70(75)64-60-56-52-48-44-40-36-33-30-27-25-23-24-26-28-31-34-38-42-46-50-54-58-62-66-77-71(76)65-61-57-53-49-45-41-37-20-18-16-14-12-10-8-6-4-2/h20,25,27,37,68-69,73-74H,3-19,21-24,26,28-36,38-67H2,1-2H3,(H,72,75)/b27-25-,37-20-. The number of carbonyl (C=O) groups is 2. The van der Waals surface area contributed by atoms with Gasteiger partial charge in [-0.3, -0.25) is 9.59 Å². The molecule has 6 nitrogen and oxygen atoms in total. The summed E-state index contributed by atoms with van der Waals surface area (Å²) < 4.78 is 5.49. The molecule has 2 unspecified atom stereocenters. The predicted molar refractivity (Wildman–Crippen MR) is 338 cm³/mol. The third-order valence-corrected chi connectivity index (χ3v) is 16.5. The SMILES string of the molecule is CCCCCCCCC/C=C\CCCCCCCC(=O)OCCCCCCCCCCCCCC/C=C\CCCCCCCCCCC(=O)NC(CO)C(O)CCCCCCCCCCCCCCCCCCCCCC. The number of esters is 1. The number of hydrogen-bond acceptors (Lipinski definition) is 5. The van der Waals surface area contributed by atoms with Crippen molar-refractivity contribution in [3.05, 3.63) is 24.3 Å². The summed E-state index contributed by atoms with van der Waals surface area (Å²) in [6, 6.07) is -0.546. The van der Waals surface area contributed by atoms with Crippen LogP contribution in [0.3, 0.4) is 0 Å². The first-order chi connectivity index (χ1) is 38.0. The zero-order valence-corrected chi connectivity index (χ0v) is 52.2. The molecule has 0 aromatic rings. The Balaban J connectivity index is 3.40. The molecule has 3 N–H and O–H groups in total. The molecule has 0 saturated heterocycles. The zero-order valence-electron chi connectivity index (χ0n) is 52.2. The molecule has 0 aromatic heterocycles. The Morgan fingerprint density at radius 2 is 0.610 bits per heavy atom. The molecule has 0 heterocycles. The van der Waals surface area contributed by atoms with Gasteiger partial charge < -0.3 is 20.3 Å². The lowest BCUT2D eigenvalue weighted by atomic mass is 10.0. The number of amides is 1. The highest BCUT2D eigenvalue weighted by molar-refractivity contribution is 5.76. The van der Waals surface area contributed by atoms with Gasteiger partial charge in [0.05, 0.1) is 25.4 Å². The van der Waals surface area contributed by atoms with Gasteiger partial charge in [-0.1, -0.05) is 327 Å². The summed E-state index contributed by atoms with van der Waals surface area (Å²) in [4.78, 5) is 24.6. The maximum absolute atomic E-state index is 12.5. The molecule has 77 heavy (non-hydrogen) atoms. The van der Waals surface area contributed by atoms with E-state index >= 15 is 0 Å². The van der Waals surface area contributed by atoms with Gasteiger partial charge in [-0.2, -0.15) is 0 Å². The molecule has 0 aromatic carbocycles. The average Bonchev–Trinajstić information content (AvgIpc) is 3.43. The van der Waals surface area contributed by atoms with Crippen LogP contribution in [0.5, 0.6) is 0 Å². The number of rotatable bonds is 66. The van der Waals surface area contributed by atoms with E-state index < -0.39 is 12.1 Å². The average molecular weight is 1080 g/mol. The second kappa shape index (κ2) is 66.8. The van der Waals surface area contributed by atoms with Gasteiger partial charge in [0, 0.05) is 12.8 Å². The molecule has 0 rings (SSSR count). The van der Waals surface area contributed by atoms with Crippen molar-refractivity contribution in [1.29, 1.82) is 0 Å². The summed E-state index contributed by atoms with van der Waals surface area (Å²) >= 11 is 0. The molecule has 0 fully saturated rings. The molecule has 0 aliphatic carbocycles. The van der Waals surface area contributed by atoms with Gasteiger partial charge >= 0.3 is 5.97 Å². The maximum atomic E-state index is 12.5. The highest BCUT2D eigenvalue weighted by Crippen LogP contribution is 2.19. The van der Waals surface area contributed by atoms with E-state index in [4.69, 9.17) is 4.74 Å². The van der Waals surface area contributed by atoms with E-state index in [0.29, 0.717) is 25.9 Å². The van der Waals surface area contributed by atoms with E-state index in [1.165, 1.54) is 315 Å². The summed E-state index contributed by atoms with van der Waals surface area (Å²) in [5, 5.41) is 23.4. The van der Waals surface area contributed by atoms with Gasteiger partial charge in [0.2, 0.25) is 5.91 Å². The van der Waals surface area contributed by atoms with Gasteiger partial charge in [-0.15, -0.1) is 0 Å². The summed E-state index contributed by atoms with van der Waals surface area (Å²) in [5.41, 5.74) is 0. The minimum atomic E-state index is -0.668. The molecule has 1 amide bonds. The number of ether oxygens (including phenoxy) is 1. The normalized spacial score (nSPS) is 12.6. The van der Waals surface area contributed by atoms with Crippen molar-refractivity contribution in [1.82, 2.24) is 5.32 Å². The molecule has 0 spiro atoms. The number of aliphatic hydroxyl groups excluding tert-OH is 2. The minimum Gasteiger partial charge on any atom is -0.466 e. The molecule has 0 aliphatic heterocycles. The van der Waals surface area contributed by atoms with E-state index in [1.54, 1.807) is 0 Å². The first-order valence-electron chi connectivity index (χ1n) is 35.1. The number of unbranched alkanes of at least 4 members (excludes halogenated alkanes) is 51. The summed E-state index contributed by atoms with van der Waals surface area (Å²) in [5.74, 6) is -0.0296. The largest absolute Gasteiger partial charge is 0.466 e. The van der Waals surface area contributed by atoms with Crippen molar-refractivity contribution in [2.24, 2.45) is 0 Å². The third-order valence-electron chi connectivity index (χ3n) is 16.5. The number of hydrogen-bond donors (Lipinski definition) is 3. The van der Waals surface area contributed by atoms with Gasteiger partial charge in [0.25, 0.3) is 0 Å². The maximum Gasteiger partial charge on any atom is 0.305 e. The number of aliphatic hydroxyl groups is 2. The first-order valence-corrected chi connectivity index (χ1v) is 35.1. The Kier molecular flexibility index (Phi) is 65.4. The lowest BCUT2D eigenvalue weighted by molar-refractivity contribution is -0.143. The van der Waals surface area contributed by atoms with Crippen LogP contribution in [-0.2, 0) is 14.3 Å². The quantitative estimate of drug-likeness (QED) is 0.0320. The van der Waals surface area contributed by atoms with Crippen molar-refractivity contribution in [3.8, 4) is 0 Å². The van der Waals surface area contributed by atoms with Crippen LogP contribution < -0.4 is 5.32 Å². The van der Waals surface area contributed by atoms with Crippen LogP contribution >= 0.6 is 0 Å². The Hall–Kier alpha value is -1.66. The fourth-order valence-electron chi connectivity index (χ4n) is 11.1. The van der Waals surface area contributed by atoms with Crippen LogP contribution in [0.25, 0.3) is 0 Å². The summed E-state index contributed by atoms with van der Waals surface area (Å²) in [6.45, 7) is 4.98. The third kappa shape index (κ3) is 63.4. The molecular weight excluding hydrogens is 947 g/mol. The first kappa shape index (κ1) is 75.3. The van der Waals surface area contributed by atoms with Crippen molar-refractivity contribution in [3.63, 3.8) is 0 Å². The minimum absolute atomic E-state index is 0.00601. The highest BCUT2D eigenvalue weighted by atomic mass is 16.5. The van der Waals surface area contributed by atoms with Gasteiger partial charge in [-0.05, 0) is 77.0 Å². The lowest BCUT2D eigenvalue weighted by Crippen LogP contribution is -2.45. The van der Waals surface area contributed by atoms with E-state index in [2.05, 4.69) is 43.5 Å². The monoisotopic (exact) mass is 1080 g/mol. The topological polar surface area (TPSA) is 95.9 Å². The van der Waals surface area contributed by atoms with E-state index in [-0.39, 0.29) is 18.5 Å². The second-order valence-electron chi connectivity index (χ2n) is 24.2. The number of nitrogens with one attached hydrogen (secondary N) is 1. The molecule has 0 aliphatic rings. The van der Waals surface area contributed by atoms with Crippen molar-refractivity contribution in [2.45, 2.75) is 405 Å². The predicted octanol–water partition coefficient (Wildman–Crippen LogP) is 22.5. The molecular formula is C71H137NO5. The van der Waals surface area contributed by atoms with Crippen LogP contribution in [-0.4, -0.2) is 47.4 Å². The molecule has 6 heteroatoms. The smallest absolute Gasteiger partial charge is 0.305 e. The molecule has 0 bridgehead atoms. The number of allylic oxidation sites excluding steroid dienone is 4. The van der Waals surface area contributed by atoms with E-state index in [0.717, 1.165) is 44.9 Å². The molecule has 2 atom stereocenters. The molecule has 0 saturated carbocycles. The van der Waals surface area contributed by atoms with Crippen LogP contribution in [0.2, 0.25) is 0 Å². The molecule has 0 radical (unpaired) electrons. The van der Waals surface area contributed by atoms with Crippen LogP contribution in [0.1, 0.15) is 393 Å². The fraction of sp³-hybridized carbons (Fsp3) is 0.915. The Morgan fingerprint density at radius 3 is 0.922 bits per heavy atom. The Morgan fingerprint density at radius 1 is 0.351 bits per heavy atom. The fourth-order valence-corrected chi connectivity index (χ4v) is 11.1. The summed E-state index contributed by atoms with van der Waals surface area (Å²) in [6.07, 6.45) is 83.6. The van der Waals surface area contributed by atoms with Crippen molar-refractivity contribution in [2.75, 3.05) is 13.2 Å². The van der Waals surface area contributed by atoms with Gasteiger partial charge in [-0.25, -0.2) is 0 Å². The van der Waals surface area contributed by atoms with E-state index in [1.807, 2.05) is 0 Å². The Bertz CT molecular complexity index is 1200. The van der Waals surface area contributed by atoms with Crippen LogP contribution in [0.4, 0.5) is 0 Å². The zero-order chi connectivity index (χ0) is 55.7. The Labute approximate surface area is 481 Å². The van der Waals surface area contributed by atoms with Crippen molar-refractivity contribution >= 4 is 11.9 Å². The highest BCUT2D eigenvalue weighted by Gasteiger charge is 2.20. The molecule has 456 valence electrons. The lowest BCUT2D eigenvalue weighted by Gasteiger charge is -2.22. The van der Waals surface area contributed by atoms with Crippen molar-refractivity contribution < 1.29 is 24.5 Å². The second-order valence-corrected chi connectivity index (χ2v) is 24.2. The van der Waals surface area contributed by atoms with E-state index in [9.17, 15) is 19.8 Å². The van der Waals surface area contributed by atoms with Gasteiger partial charge in [0.15, 0.2) is 0 Å². The number of carbonyl (C=O) groups excluding carboxylic acids is 2. The summed E-state index contributed by atoms with van der Waals surface area (Å²) in [7, 11) is 0. The van der Waals surface area contributed by atoms with Gasteiger partial charge in [0.1, 0.15) is 0 Å². The van der Waals surface area contributed by atoms with Crippen LogP contribution in [0, 0.1) is 0 Å².